The smallest absolute Gasteiger partial charge is 0.273 e. The highest BCUT2D eigenvalue weighted by Gasteiger charge is 2.27. The first-order valence-corrected chi connectivity index (χ1v) is 5.62. The summed E-state index contributed by atoms with van der Waals surface area (Å²) in [6.07, 6.45) is 4.22. The summed E-state index contributed by atoms with van der Waals surface area (Å²) in [5.41, 5.74) is 4.26. The molecule has 2 aromatic rings. The fraction of sp³-hybridized carbons (Fsp3) is 0.250. The Morgan fingerprint density at radius 1 is 1.53 bits per heavy atom. The van der Waals surface area contributed by atoms with Gasteiger partial charge in [0.05, 0.1) is 12.8 Å². The minimum Gasteiger partial charge on any atom is -0.466 e. The number of carbonyl (C=O) groups excluding carboxylic acids is 1. The van der Waals surface area contributed by atoms with Crippen LogP contribution in [0.1, 0.15) is 23.2 Å². The molecule has 4 N–H and O–H groups in total. The molecule has 0 aliphatic heterocycles. The Bertz CT molecular complexity index is 566. The van der Waals surface area contributed by atoms with Crippen molar-refractivity contribution in [3.63, 3.8) is 0 Å². The fourth-order valence-corrected chi connectivity index (χ4v) is 1.53. The van der Waals surface area contributed by atoms with Crippen LogP contribution < -0.4 is 11.1 Å². The van der Waals surface area contributed by atoms with Crippen molar-refractivity contribution in [3.8, 4) is 0 Å². The summed E-state index contributed by atoms with van der Waals surface area (Å²) in [5, 5.41) is 12.7. The van der Waals surface area contributed by atoms with Crippen molar-refractivity contribution in [2.45, 2.75) is 12.5 Å². The molecule has 0 aromatic carbocycles. The highest BCUT2D eigenvalue weighted by atomic mass is 16.4. The van der Waals surface area contributed by atoms with Crippen molar-refractivity contribution in [3.05, 3.63) is 42.2 Å². The predicted molar refractivity (Wildman–Crippen MR) is 67.1 cm³/mol. The van der Waals surface area contributed by atoms with E-state index in [4.69, 9.17) is 10.2 Å². The number of aliphatic hydroxyl groups is 1. The zero-order valence-electron chi connectivity index (χ0n) is 10.3. The largest absolute Gasteiger partial charge is 0.466 e. The summed E-state index contributed by atoms with van der Waals surface area (Å²) < 4.78 is 5.11. The summed E-state index contributed by atoms with van der Waals surface area (Å²) in [4.78, 5) is 19.5. The van der Waals surface area contributed by atoms with E-state index in [0.29, 0.717) is 5.76 Å². The third-order valence-corrected chi connectivity index (χ3v) is 2.59. The second-order valence-corrected chi connectivity index (χ2v) is 4.22. The van der Waals surface area contributed by atoms with Crippen LogP contribution in [0.5, 0.6) is 0 Å². The average molecular weight is 262 g/mol. The number of hydrogen-bond donors (Lipinski definition) is 3. The number of carbonyl (C=O) groups is 1. The number of hydrogen-bond acceptors (Lipinski definition) is 6. The van der Waals surface area contributed by atoms with Crippen LogP contribution >= 0.6 is 0 Å². The maximum Gasteiger partial charge on any atom is 0.273 e. The molecule has 7 nitrogen and oxygen atoms in total. The van der Waals surface area contributed by atoms with Gasteiger partial charge < -0.3 is 20.6 Å². The summed E-state index contributed by atoms with van der Waals surface area (Å²) >= 11 is 0. The molecule has 100 valence electrons. The minimum absolute atomic E-state index is 0.0257. The normalized spacial score (nSPS) is 13.8. The molecule has 0 saturated carbocycles. The summed E-state index contributed by atoms with van der Waals surface area (Å²) in [6, 6.07) is 3.29. The Kier molecular flexibility index (Phi) is 3.48. The molecule has 1 atom stereocenters. The molecule has 2 rings (SSSR count). The van der Waals surface area contributed by atoms with E-state index in [0.717, 1.165) is 0 Å². The first kappa shape index (κ1) is 13.0. The Labute approximate surface area is 109 Å². The van der Waals surface area contributed by atoms with E-state index in [1.165, 1.54) is 25.6 Å². The summed E-state index contributed by atoms with van der Waals surface area (Å²) in [7, 11) is 0. The highest BCUT2D eigenvalue weighted by Crippen LogP contribution is 2.19. The van der Waals surface area contributed by atoms with Crippen LogP contribution in [0.3, 0.4) is 0 Å². The van der Waals surface area contributed by atoms with E-state index in [9.17, 15) is 9.90 Å². The van der Waals surface area contributed by atoms with Crippen LogP contribution in [0, 0.1) is 0 Å². The number of rotatable bonds is 4. The van der Waals surface area contributed by atoms with Gasteiger partial charge in [0.1, 0.15) is 11.4 Å². The van der Waals surface area contributed by atoms with E-state index in [1.807, 2.05) is 0 Å². The topological polar surface area (TPSA) is 114 Å². The van der Waals surface area contributed by atoms with Crippen LogP contribution in [0.15, 0.2) is 35.2 Å². The Balaban J connectivity index is 2.03. The molecule has 2 aromatic heterocycles. The molecular weight excluding hydrogens is 248 g/mol. The zero-order valence-corrected chi connectivity index (χ0v) is 10.3. The molecule has 1 amide bonds. The van der Waals surface area contributed by atoms with Gasteiger partial charge in [-0.15, -0.1) is 0 Å². The Hall–Kier alpha value is -2.41. The van der Waals surface area contributed by atoms with Gasteiger partial charge in [0, 0.05) is 12.4 Å². The quantitative estimate of drug-likeness (QED) is 0.729. The van der Waals surface area contributed by atoms with Crippen molar-refractivity contribution in [1.82, 2.24) is 15.3 Å². The lowest BCUT2D eigenvalue weighted by Gasteiger charge is -2.21. The first-order valence-electron chi connectivity index (χ1n) is 5.62. The number of amides is 1. The lowest BCUT2D eigenvalue weighted by molar-refractivity contribution is 0.0329. The van der Waals surface area contributed by atoms with E-state index >= 15 is 0 Å². The van der Waals surface area contributed by atoms with Gasteiger partial charge in [0.25, 0.3) is 5.91 Å². The fourth-order valence-electron chi connectivity index (χ4n) is 1.53. The molecule has 0 aliphatic rings. The van der Waals surface area contributed by atoms with Crippen LogP contribution in [0.2, 0.25) is 0 Å². The zero-order chi connectivity index (χ0) is 13.9. The summed E-state index contributed by atoms with van der Waals surface area (Å²) in [6.45, 7) is 1.50. The highest BCUT2D eigenvalue weighted by molar-refractivity contribution is 5.96. The Morgan fingerprint density at radius 3 is 2.89 bits per heavy atom. The number of nitrogens with zero attached hydrogens (tertiary/aromatic N) is 2. The SMILES string of the molecule is CC(O)(CNC(=O)c1nccnc1N)c1ccco1. The van der Waals surface area contributed by atoms with Crippen LogP contribution in [0.4, 0.5) is 5.82 Å². The second-order valence-electron chi connectivity index (χ2n) is 4.22. The molecule has 7 heteroatoms. The number of nitrogens with one attached hydrogen (secondary N) is 1. The molecule has 0 aliphatic carbocycles. The Morgan fingerprint density at radius 2 is 2.26 bits per heavy atom. The van der Waals surface area contributed by atoms with Gasteiger partial charge in [-0.2, -0.15) is 0 Å². The molecule has 1 unspecified atom stereocenters. The van der Waals surface area contributed by atoms with Gasteiger partial charge >= 0.3 is 0 Å². The van der Waals surface area contributed by atoms with Crippen LogP contribution in [-0.4, -0.2) is 27.5 Å². The molecule has 0 saturated heterocycles. The van der Waals surface area contributed by atoms with E-state index in [2.05, 4.69) is 15.3 Å². The maximum absolute atomic E-state index is 11.8. The average Bonchev–Trinajstić information content (AvgIpc) is 2.91. The van der Waals surface area contributed by atoms with Gasteiger partial charge in [0.15, 0.2) is 11.5 Å². The van der Waals surface area contributed by atoms with E-state index in [-0.39, 0.29) is 18.1 Å². The number of anilines is 1. The summed E-state index contributed by atoms with van der Waals surface area (Å²) in [5.74, 6) is -0.102. The van der Waals surface area contributed by atoms with Gasteiger partial charge in [-0.25, -0.2) is 9.97 Å². The predicted octanol–water partition coefficient (Wildman–Crippen LogP) is 0.289. The molecule has 19 heavy (non-hydrogen) atoms. The molecule has 2 heterocycles. The first-order chi connectivity index (χ1) is 9.00. The lowest BCUT2D eigenvalue weighted by Crippen LogP contribution is -2.39. The number of nitrogen functional groups attached to an aromatic ring is 1. The lowest BCUT2D eigenvalue weighted by atomic mass is 10.0. The van der Waals surface area contributed by atoms with Crippen molar-refractivity contribution in [2.24, 2.45) is 0 Å². The minimum atomic E-state index is -1.31. The third kappa shape index (κ3) is 2.89. The van der Waals surface area contributed by atoms with Gasteiger partial charge in [-0.1, -0.05) is 0 Å². The van der Waals surface area contributed by atoms with Crippen molar-refractivity contribution < 1.29 is 14.3 Å². The molecule has 0 bridgehead atoms. The maximum atomic E-state index is 11.8. The van der Waals surface area contributed by atoms with Gasteiger partial charge in [-0.05, 0) is 19.1 Å². The number of nitrogens with two attached hydrogens (primary N) is 1. The monoisotopic (exact) mass is 262 g/mol. The van der Waals surface area contributed by atoms with E-state index < -0.39 is 11.5 Å². The second kappa shape index (κ2) is 5.07. The molecule has 0 spiro atoms. The van der Waals surface area contributed by atoms with Crippen LogP contribution in [-0.2, 0) is 5.60 Å². The van der Waals surface area contributed by atoms with E-state index in [1.54, 1.807) is 12.1 Å². The number of aromatic nitrogens is 2. The van der Waals surface area contributed by atoms with Gasteiger partial charge in [-0.3, -0.25) is 4.79 Å². The standard InChI is InChI=1S/C12H14N4O3/c1-12(18,8-3-2-6-19-8)7-16-11(17)9-10(13)15-5-4-14-9/h2-6,18H,7H2,1H3,(H2,13,15)(H,16,17). The van der Waals surface area contributed by atoms with Crippen molar-refractivity contribution >= 4 is 11.7 Å². The molecular formula is C12H14N4O3. The van der Waals surface area contributed by atoms with Crippen molar-refractivity contribution in [2.75, 3.05) is 12.3 Å². The third-order valence-electron chi connectivity index (χ3n) is 2.59. The van der Waals surface area contributed by atoms with Crippen molar-refractivity contribution in [1.29, 1.82) is 0 Å². The molecule has 0 fully saturated rings. The number of furan rings is 1. The van der Waals surface area contributed by atoms with Crippen LogP contribution in [0.25, 0.3) is 0 Å². The molecule has 0 radical (unpaired) electrons. The van der Waals surface area contributed by atoms with Gasteiger partial charge in [0.2, 0.25) is 0 Å².